The number of carbonyl (C=O) groups is 2. The molecule has 1 amide bonds. The van der Waals surface area contributed by atoms with Crippen LogP contribution in [0.1, 0.15) is 23.1 Å². The van der Waals surface area contributed by atoms with Gasteiger partial charge in [0.1, 0.15) is 11.5 Å². The maximum Gasteiger partial charge on any atom is 0.330 e. The van der Waals surface area contributed by atoms with Gasteiger partial charge in [0.25, 0.3) is 0 Å². The SMILES string of the molecule is COc1ccc(C(NC(=O)Cc2cc(C)on2)C(=O)O)cc1Br. The van der Waals surface area contributed by atoms with Crippen molar-refractivity contribution in [3.05, 3.63) is 45.8 Å². The third-order valence-corrected chi connectivity index (χ3v) is 3.70. The molecule has 0 saturated heterocycles. The summed E-state index contributed by atoms with van der Waals surface area (Å²) < 4.78 is 10.6. The third-order valence-electron chi connectivity index (χ3n) is 3.08. The van der Waals surface area contributed by atoms with Crippen LogP contribution in [-0.2, 0) is 16.0 Å². The van der Waals surface area contributed by atoms with Crippen LogP contribution in [0.25, 0.3) is 0 Å². The molecule has 0 spiro atoms. The van der Waals surface area contributed by atoms with Crippen LogP contribution in [0.5, 0.6) is 5.75 Å². The largest absolute Gasteiger partial charge is 0.496 e. The van der Waals surface area contributed by atoms with Crippen LogP contribution in [0, 0.1) is 6.92 Å². The summed E-state index contributed by atoms with van der Waals surface area (Å²) in [5.41, 5.74) is 0.870. The number of aryl methyl sites for hydroxylation is 1. The molecular formula is C15H15BrN2O5. The molecule has 7 nitrogen and oxygen atoms in total. The van der Waals surface area contributed by atoms with E-state index in [2.05, 4.69) is 26.4 Å². The number of nitrogens with zero attached hydrogens (tertiary/aromatic N) is 1. The number of halogens is 1. The fourth-order valence-electron chi connectivity index (χ4n) is 2.03. The van der Waals surface area contributed by atoms with Gasteiger partial charge in [-0.15, -0.1) is 0 Å². The molecular weight excluding hydrogens is 368 g/mol. The molecule has 0 aliphatic carbocycles. The molecule has 2 N–H and O–H groups in total. The Morgan fingerprint density at radius 2 is 2.17 bits per heavy atom. The minimum Gasteiger partial charge on any atom is -0.496 e. The number of aromatic nitrogens is 1. The molecule has 0 fully saturated rings. The number of methoxy groups -OCH3 is 1. The highest BCUT2D eigenvalue weighted by Gasteiger charge is 2.23. The second-order valence-corrected chi connectivity index (χ2v) is 5.69. The maximum absolute atomic E-state index is 12.0. The van der Waals surface area contributed by atoms with Gasteiger partial charge >= 0.3 is 5.97 Å². The Morgan fingerprint density at radius 1 is 1.43 bits per heavy atom. The van der Waals surface area contributed by atoms with Crippen molar-refractivity contribution < 1.29 is 24.0 Å². The van der Waals surface area contributed by atoms with E-state index in [1.165, 1.54) is 7.11 Å². The van der Waals surface area contributed by atoms with Crippen molar-refractivity contribution in [2.24, 2.45) is 0 Å². The van der Waals surface area contributed by atoms with E-state index in [4.69, 9.17) is 9.26 Å². The summed E-state index contributed by atoms with van der Waals surface area (Å²) in [5, 5.41) is 15.6. The minimum atomic E-state index is -1.17. The van der Waals surface area contributed by atoms with Gasteiger partial charge in [-0.2, -0.15) is 0 Å². The highest BCUT2D eigenvalue weighted by atomic mass is 79.9. The first-order valence-corrected chi connectivity index (χ1v) is 7.48. The van der Waals surface area contributed by atoms with Gasteiger partial charge in [-0.3, -0.25) is 4.79 Å². The van der Waals surface area contributed by atoms with Crippen LogP contribution in [0.15, 0.2) is 33.3 Å². The van der Waals surface area contributed by atoms with Gasteiger partial charge < -0.3 is 19.7 Å². The fraction of sp³-hybridized carbons (Fsp3) is 0.267. The lowest BCUT2D eigenvalue weighted by Crippen LogP contribution is -2.34. The first kappa shape index (κ1) is 17.0. The van der Waals surface area contributed by atoms with Crippen LogP contribution in [0.2, 0.25) is 0 Å². The standard InChI is InChI=1S/C15H15BrN2O5/c1-8-5-10(18-23-8)7-13(19)17-14(15(20)21)9-3-4-12(22-2)11(16)6-9/h3-6,14H,7H2,1-2H3,(H,17,19)(H,20,21). The number of carbonyl (C=O) groups excluding carboxylic acids is 1. The fourth-order valence-corrected chi connectivity index (χ4v) is 2.59. The van der Waals surface area contributed by atoms with Crippen molar-refractivity contribution in [3.8, 4) is 5.75 Å². The summed E-state index contributed by atoms with van der Waals surface area (Å²) >= 11 is 3.29. The van der Waals surface area contributed by atoms with Gasteiger partial charge in [0.15, 0.2) is 6.04 Å². The van der Waals surface area contributed by atoms with E-state index in [-0.39, 0.29) is 6.42 Å². The Bertz CT molecular complexity index is 728. The average Bonchev–Trinajstić information content (AvgIpc) is 2.89. The average molecular weight is 383 g/mol. The van der Waals surface area contributed by atoms with Crippen LogP contribution in [0.4, 0.5) is 0 Å². The predicted molar refractivity (Wildman–Crippen MR) is 84.2 cm³/mol. The number of rotatable bonds is 6. The van der Waals surface area contributed by atoms with Crippen molar-refractivity contribution in [3.63, 3.8) is 0 Å². The van der Waals surface area contributed by atoms with E-state index in [0.717, 1.165) is 0 Å². The highest BCUT2D eigenvalue weighted by Crippen LogP contribution is 2.28. The number of nitrogens with one attached hydrogen (secondary N) is 1. The number of hydrogen-bond donors (Lipinski definition) is 2. The second-order valence-electron chi connectivity index (χ2n) is 4.84. The smallest absolute Gasteiger partial charge is 0.330 e. The van der Waals surface area contributed by atoms with Crippen molar-refractivity contribution >= 4 is 27.8 Å². The van der Waals surface area contributed by atoms with Crippen LogP contribution >= 0.6 is 15.9 Å². The molecule has 1 heterocycles. The first-order valence-electron chi connectivity index (χ1n) is 6.68. The zero-order valence-corrected chi connectivity index (χ0v) is 14.1. The molecule has 0 bridgehead atoms. The summed E-state index contributed by atoms with van der Waals surface area (Å²) in [6, 6.07) is 5.26. The van der Waals surface area contributed by atoms with Crippen molar-refractivity contribution in [2.75, 3.05) is 7.11 Å². The summed E-state index contributed by atoms with van der Waals surface area (Å²) in [6.07, 6.45) is -0.0571. The Hall–Kier alpha value is -2.35. The summed E-state index contributed by atoms with van der Waals surface area (Å²) in [6.45, 7) is 1.71. The molecule has 8 heteroatoms. The summed E-state index contributed by atoms with van der Waals surface area (Å²) in [7, 11) is 1.51. The van der Waals surface area contributed by atoms with E-state index in [9.17, 15) is 14.7 Å². The summed E-state index contributed by atoms with van der Waals surface area (Å²) in [5.74, 6) is -0.464. The Morgan fingerprint density at radius 3 is 2.70 bits per heavy atom. The van der Waals surface area contributed by atoms with Gasteiger partial charge in [0.2, 0.25) is 5.91 Å². The number of carboxylic acids is 1. The predicted octanol–water partition coefficient (Wildman–Crippen LogP) is 2.24. The molecule has 0 saturated carbocycles. The minimum absolute atomic E-state index is 0.0571. The molecule has 1 atom stereocenters. The van der Waals surface area contributed by atoms with E-state index >= 15 is 0 Å². The summed E-state index contributed by atoms with van der Waals surface area (Å²) in [4.78, 5) is 23.5. The maximum atomic E-state index is 12.0. The van der Waals surface area contributed by atoms with Crippen molar-refractivity contribution in [1.29, 1.82) is 0 Å². The molecule has 2 rings (SSSR count). The van der Waals surface area contributed by atoms with Crippen molar-refractivity contribution in [1.82, 2.24) is 10.5 Å². The third kappa shape index (κ3) is 4.32. The van der Waals surface area contributed by atoms with Gasteiger partial charge in [-0.05, 0) is 40.5 Å². The molecule has 122 valence electrons. The van der Waals surface area contributed by atoms with Crippen molar-refractivity contribution in [2.45, 2.75) is 19.4 Å². The molecule has 2 aromatic rings. The normalized spacial score (nSPS) is 11.8. The van der Waals surface area contributed by atoms with Gasteiger partial charge in [-0.25, -0.2) is 4.79 Å². The molecule has 0 radical (unpaired) electrons. The zero-order chi connectivity index (χ0) is 17.0. The number of benzene rings is 1. The number of hydrogen-bond acceptors (Lipinski definition) is 5. The molecule has 23 heavy (non-hydrogen) atoms. The number of aliphatic carboxylic acids is 1. The highest BCUT2D eigenvalue weighted by molar-refractivity contribution is 9.10. The molecule has 1 unspecified atom stereocenters. The first-order chi connectivity index (χ1) is 10.9. The van der Waals surface area contributed by atoms with E-state index in [1.54, 1.807) is 31.2 Å². The Balaban J connectivity index is 2.13. The Kier molecular flexibility index (Phi) is 5.38. The molecule has 0 aliphatic rings. The molecule has 1 aromatic carbocycles. The molecule has 0 aliphatic heterocycles. The quantitative estimate of drug-likeness (QED) is 0.794. The topological polar surface area (TPSA) is 102 Å². The zero-order valence-electron chi connectivity index (χ0n) is 12.5. The monoisotopic (exact) mass is 382 g/mol. The van der Waals surface area contributed by atoms with Crippen LogP contribution in [0.3, 0.4) is 0 Å². The van der Waals surface area contributed by atoms with Gasteiger partial charge in [0, 0.05) is 6.07 Å². The lowest BCUT2D eigenvalue weighted by molar-refractivity contribution is -0.142. The molecule has 1 aromatic heterocycles. The number of carboxylic acid groups (broad SMARTS) is 1. The van der Waals surface area contributed by atoms with Crippen LogP contribution < -0.4 is 10.1 Å². The van der Waals surface area contributed by atoms with Gasteiger partial charge in [0.05, 0.1) is 23.7 Å². The van der Waals surface area contributed by atoms with Gasteiger partial charge in [-0.1, -0.05) is 11.2 Å². The lowest BCUT2D eigenvalue weighted by Gasteiger charge is -2.15. The number of amides is 1. The van der Waals surface area contributed by atoms with Crippen LogP contribution in [-0.4, -0.2) is 29.2 Å². The lowest BCUT2D eigenvalue weighted by atomic mass is 10.1. The Labute approximate surface area is 140 Å². The van der Waals surface area contributed by atoms with E-state index < -0.39 is 17.9 Å². The second kappa shape index (κ2) is 7.28. The number of ether oxygens (including phenoxy) is 1. The van der Waals surface area contributed by atoms with E-state index in [1.807, 2.05) is 0 Å². The van der Waals surface area contributed by atoms with E-state index in [0.29, 0.717) is 27.2 Å².